The number of fused-ring (bicyclic) bond motifs is 1. The summed E-state index contributed by atoms with van der Waals surface area (Å²) in [5.41, 5.74) is 0.583. The molecule has 40 heavy (non-hydrogen) atoms. The SMILES string of the molecule is CCOC1=C2[N]C(C3=C(O)C(C(C)(C)C)N(CCC(C)(C)C)C3=O)=NP=C2C=C(CCCCCS(C)(=O)=O)C1=O. The van der Waals surface area contributed by atoms with E-state index >= 15 is 0 Å². The van der Waals surface area contributed by atoms with Gasteiger partial charge in [-0.25, -0.2) is 18.5 Å². The third-order valence-electron chi connectivity index (χ3n) is 6.93. The van der Waals surface area contributed by atoms with E-state index in [1.165, 1.54) is 6.26 Å². The minimum absolute atomic E-state index is 0.00765. The van der Waals surface area contributed by atoms with Crippen molar-refractivity contribution in [3.8, 4) is 0 Å². The number of amidine groups is 1. The van der Waals surface area contributed by atoms with Gasteiger partial charge in [-0.1, -0.05) is 48.0 Å². The molecule has 1 aliphatic carbocycles. The Morgan fingerprint density at radius 1 is 1.10 bits per heavy atom. The Hall–Kier alpha value is -2.45. The predicted octanol–water partition coefficient (Wildman–Crippen LogP) is 4.90. The summed E-state index contributed by atoms with van der Waals surface area (Å²) in [4.78, 5) is 28.8. The molecule has 1 radical (unpaired) electrons. The molecule has 9 nitrogen and oxygen atoms in total. The van der Waals surface area contributed by atoms with Crippen LogP contribution in [0, 0.1) is 10.8 Å². The number of aliphatic hydroxyl groups is 1. The van der Waals surface area contributed by atoms with Crippen LogP contribution in [0.1, 0.15) is 80.6 Å². The van der Waals surface area contributed by atoms with Gasteiger partial charge in [-0.3, -0.25) is 9.59 Å². The van der Waals surface area contributed by atoms with E-state index in [-0.39, 0.29) is 52.4 Å². The Bertz CT molecular complexity index is 1310. The number of rotatable bonds is 11. The molecule has 0 aromatic carbocycles. The summed E-state index contributed by atoms with van der Waals surface area (Å²) in [6.07, 6.45) is 6.16. The fourth-order valence-electron chi connectivity index (χ4n) is 4.94. The number of unbranched alkanes of at least 4 members (excludes halogenated alkanes) is 2. The number of ether oxygens (including phenoxy) is 1. The molecule has 1 amide bonds. The highest BCUT2D eigenvalue weighted by Crippen LogP contribution is 2.39. The summed E-state index contributed by atoms with van der Waals surface area (Å²) in [6.45, 7) is 14.8. The number of Topliss-reactive ketones (excluding diaryl/α,β-unsaturated/α-hetero) is 1. The monoisotopic (exact) mass is 592 g/mol. The second-order valence-electron chi connectivity index (χ2n) is 12.9. The molecule has 0 bridgehead atoms. The lowest BCUT2D eigenvalue weighted by atomic mass is 9.84. The minimum atomic E-state index is -3.01. The van der Waals surface area contributed by atoms with Crippen LogP contribution in [0.2, 0.25) is 0 Å². The van der Waals surface area contributed by atoms with Crippen molar-refractivity contribution >= 4 is 41.0 Å². The van der Waals surface area contributed by atoms with E-state index in [0.717, 1.165) is 6.42 Å². The summed E-state index contributed by atoms with van der Waals surface area (Å²) >= 11 is 0. The van der Waals surface area contributed by atoms with E-state index in [9.17, 15) is 23.1 Å². The van der Waals surface area contributed by atoms with Gasteiger partial charge in [0.05, 0.1) is 26.3 Å². The number of sulfone groups is 1. The molecule has 3 rings (SSSR count). The fraction of sp³-hybridized carbons (Fsp3) is 0.655. The molecule has 0 saturated heterocycles. The van der Waals surface area contributed by atoms with Crippen LogP contribution in [0.5, 0.6) is 0 Å². The van der Waals surface area contributed by atoms with Crippen LogP contribution < -0.4 is 5.32 Å². The van der Waals surface area contributed by atoms with Crippen LogP contribution in [-0.2, 0) is 24.2 Å². The molecule has 0 aromatic heterocycles. The van der Waals surface area contributed by atoms with E-state index < -0.39 is 21.3 Å². The zero-order chi connectivity index (χ0) is 30.0. The Morgan fingerprint density at radius 2 is 1.77 bits per heavy atom. The summed E-state index contributed by atoms with van der Waals surface area (Å²) < 4.78 is 33.1. The van der Waals surface area contributed by atoms with E-state index in [1.54, 1.807) is 17.9 Å². The zero-order valence-electron chi connectivity index (χ0n) is 25.0. The summed E-state index contributed by atoms with van der Waals surface area (Å²) in [6, 6.07) is -0.514. The van der Waals surface area contributed by atoms with Crippen LogP contribution in [0.4, 0.5) is 0 Å². The highest BCUT2D eigenvalue weighted by molar-refractivity contribution is 7.90. The van der Waals surface area contributed by atoms with Crippen LogP contribution in [0.25, 0.3) is 0 Å². The van der Waals surface area contributed by atoms with Crippen molar-refractivity contribution in [1.29, 1.82) is 0 Å². The maximum atomic E-state index is 13.7. The third-order valence-corrected chi connectivity index (χ3v) is 8.81. The average Bonchev–Trinajstić information content (AvgIpc) is 3.08. The van der Waals surface area contributed by atoms with Crippen molar-refractivity contribution in [3.05, 3.63) is 34.4 Å². The molecule has 3 aliphatic rings. The molecule has 11 heteroatoms. The highest BCUT2D eigenvalue weighted by Gasteiger charge is 2.48. The maximum absolute atomic E-state index is 13.7. The lowest BCUT2D eigenvalue weighted by molar-refractivity contribution is -0.128. The van der Waals surface area contributed by atoms with Crippen molar-refractivity contribution in [2.75, 3.05) is 25.2 Å². The third kappa shape index (κ3) is 7.64. The molecule has 0 saturated carbocycles. The highest BCUT2D eigenvalue weighted by atomic mass is 32.2. The normalized spacial score (nSPS) is 20.8. The lowest BCUT2D eigenvalue weighted by Gasteiger charge is -2.36. The van der Waals surface area contributed by atoms with E-state index in [1.807, 2.05) is 20.8 Å². The summed E-state index contributed by atoms with van der Waals surface area (Å²) in [5, 5.41) is 16.7. The van der Waals surface area contributed by atoms with Crippen LogP contribution >= 0.6 is 8.35 Å². The van der Waals surface area contributed by atoms with Gasteiger partial charge in [-0.15, -0.1) is 0 Å². The maximum Gasteiger partial charge on any atom is 0.261 e. The van der Waals surface area contributed by atoms with Crippen molar-refractivity contribution in [1.82, 2.24) is 10.2 Å². The summed E-state index contributed by atoms with van der Waals surface area (Å²) in [5.74, 6) is -0.260. The van der Waals surface area contributed by atoms with Gasteiger partial charge in [0.1, 0.15) is 26.9 Å². The smallest absolute Gasteiger partial charge is 0.261 e. The second kappa shape index (κ2) is 12.2. The van der Waals surface area contributed by atoms with Crippen LogP contribution in [-0.4, -0.2) is 72.4 Å². The summed E-state index contributed by atoms with van der Waals surface area (Å²) in [7, 11) is -2.51. The van der Waals surface area contributed by atoms with Gasteiger partial charge in [0.25, 0.3) is 5.91 Å². The Kier molecular flexibility index (Phi) is 9.78. The van der Waals surface area contributed by atoms with Gasteiger partial charge in [0.15, 0.2) is 11.6 Å². The first-order valence-corrected chi connectivity index (χ1v) is 16.8. The molecule has 2 aliphatic heterocycles. The molecule has 221 valence electrons. The number of aliphatic hydroxyl groups excluding tert-OH is 1. The van der Waals surface area contributed by atoms with Gasteiger partial charge in [-0.2, -0.15) is 0 Å². The number of hydrogen-bond donors (Lipinski definition) is 1. The van der Waals surface area contributed by atoms with E-state index in [0.29, 0.717) is 57.1 Å². The second-order valence-corrected chi connectivity index (χ2v) is 16.1. The number of ketones is 1. The van der Waals surface area contributed by atoms with E-state index in [2.05, 4.69) is 30.9 Å². The van der Waals surface area contributed by atoms with Crippen molar-refractivity contribution in [2.24, 2.45) is 15.6 Å². The Labute approximate surface area is 240 Å². The number of hydrogen-bond acceptors (Lipinski definition) is 7. The Balaban J connectivity index is 1.91. The molecule has 0 aromatic rings. The molecular weight excluding hydrogens is 549 g/mol. The molecule has 0 spiro atoms. The van der Waals surface area contributed by atoms with Gasteiger partial charge in [0.2, 0.25) is 5.78 Å². The Morgan fingerprint density at radius 3 is 2.35 bits per heavy atom. The number of carbonyl (C=O) groups excluding carboxylic acids is 2. The quantitative estimate of drug-likeness (QED) is 0.268. The van der Waals surface area contributed by atoms with Crippen molar-refractivity contribution < 1.29 is 27.9 Å². The molecule has 1 atom stereocenters. The zero-order valence-corrected chi connectivity index (χ0v) is 26.7. The van der Waals surface area contributed by atoms with E-state index in [4.69, 9.17) is 4.74 Å². The lowest BCUT2D eigenvalue weighted by Crippen LogP contribution is -2.45. The minimum Gasteiger partial charge on any atom is -0.509 e. The first-order valence-electron chi connectivity index (χ1n) is 13.9. The molecule has 2 heterocycles. The molecule has 1 N–H and O–H groups in total. The number of allylic oxidation sites excluding steroid dienone is 2. The standard InChI is InChI=1S/C29H43N3O6PS/c1-9-38-24-21-19(17-18(22(24)33)13-11-10-12-16-40(8,36)37)39-31-26(30-21)20-23(34)25(29(5,6)7)32(27(20)35)15-14-28(2,3)4/h17,25,34H,9-16H2,1-8H3. The molecule has 1 unspecified atom stereocenters. The number of carbonyl (C=O) groups is 2. The van der Waals surface area contributed by atoms with Gasteiger partial charge in [-0.05, 0) is 49.5 Å². The molecule has 0 fully saturated rings. The van der Waals surface area contributed by atoms with Gasteiger partial charge in [0, 0.05) is 24.1 Å². The predicted molar refractivity (Wildman–Crippen MR) is 160 cm³/mol. The average molecular weight is 593 g/mol. The van der Waals surface area contributed by atoms with Crippen molar-refractivity contribution in [2.45, 2.75) is 86.6 Å². The van der Waals surface area contributed by atoms with Gasteiger partial charge >= 0.3 is 0 Å². The largest absolute Gasteiger partial charge is 0.509 e. The first kappa shape index (κ1) is 32.1. The molecular formula is C29H43N3O6PS. The van der Waals surface area contributed by atoms with Crippen LogP contribution in [0.3, 0.4) is 0 Å². The van der Waals surface area contributed by atoms with Crippen LogP contribution in [0.15, 0.2) is 39.2 Å². The fourth-order valence-corrected chi connectivity index (χ4v) is 6.47. The van der Waals surface area contributed by atoms with Gasteiger partial charge < -0.3 is 14.7 Å². The first-order chi connectivity index (χ1) is 18.4. The number of amides is 1. The topological polar surface area (TPSA) is 127 Å². The number of nitrogens with zero attached hydrogens (tertiary/aromatic N) is 3. The van der Waals surface area contributed by atoms with Crippen molar-refractivity contribution in [3.63, 3.8) is 0 Å².